The van der Waals surface area contributed by atoms with Gasteiger partial charge in [-0.1, -0.05) is 24.3 Å². The van der Waals surface area contributed by atoms with Gasteiger partial charge in [0.25, 0.3) is 0 Å². The van der Waals surface area contributed by atoms with Gasteiger partial charge in [-0.2, -0.15) is 5.10 Å². The van der Waals surface area contributed by atoms with Gasteiger partial charge in [-0.25, -0.2) is 9.67 Å². The maximum Gasteiger partial charge on any atom is 0.191 e. The van der Waals surface area contributed by atoms with Crippen molar-refractivity contribution in [3.8, 4) is 11.6 Å². The zero-order valence-corrected chi connectivity index (χ0v) is 18.8. The number of hydrogen-bond donors (Lipinski definition) is 2. The van der Waals surface area contributed by atoms with Crippen LogP contribution in [0.25, 0.3) is 5.82 Å². The highest BCUT2D eigenvalue weighted by Gasteiger charge is 2.33. The maximum absolute atomic E-state index is 6.14. The number of aromatic nitrogens is 3. The number of pyridine rings is 1. The quantitative estimate of drug-likeness (QED) is 0.497. The van der Waals surface area contributed by atoms with Crippen LogP contribution in [-0.4, -0.2) is 33.4 Å². The number of nitrogens with zero attached hydrogens (tertiary/aromatic N) is 4. The Morgan fingerprint density at radius 3 is 2.71 bits per heavy atom. The van der Waals surface area contributed by atoms with E-state index < -0.39 is 0 Å². The van der Waals surface area contributed by atoms with Crippen LogP contribution in [0.2, 0.25) is 0 Å². The Bertz CT molecular complexity index is 1080. The summed E-state index contributed by atoms with van der Waals surface area (Å²) in [6, 6.07) is 14.4. The van der Waals surface area contributed by atoms with Crippen LogP contribution in [0.1, 0.15) is 48.8 Å². The van der Waals surface area contributed by atoms with Crippen molar-refractivity contribution in [3.63, 3.8) is 0 Å². The van der Waals surface area contributed by atoms with Crippen LogP contribution >= 0.6 is 0 Å². The second kappa shape index (κ2) is 8.41. The molecule has 3 aromatic rings. The van der Waals surface area contributed by atoms with E-state index in [2.05, 4.69) is 51.7 Å². The van der Waals surface area contributed by atoms with Crippen molar-refractivity contribution in [1.29, 1.82) is 0 Å². The predicted molar refractivity (Wildman–Crippen MR) is 123 cm³/mol. The van der Waals surface area contributed by atoms with Gasteiger partial charge in [0.05, 0.1) is 11.7 Å². The molecule has 2 aromatic heterocycles. The second-order valence-electron chi connectivity index (χ2n) is 8.59. The maximum atomic E-state index is 6.14. The van der Waals surface area contributed by atoms with Gasteiger partial charge >= 0.3 is 0 Å². The molecule has 0 saturated carbocycles. The minimum atomic E-state index is -0.242. The van der Waals surface area contributed by atoms with Crippen LogP contribution in [-0.2, 0) is 6.54 Å². The normalized spacial score (nSPS) is 17.6. The summed E-state index contributed by atoms with van der Waals surface area (Å²) in [5.41, 5.74) is 4.03. The van der Waals surface area contributed by atoms with Crippen molar-refractivity contribution >= 4 is 5.96 Å². The number of aryl methyl sites for hydroxylation is 2. The number of aliphatic imine (C=N–C) groups is 1. The number of para-hydroxylation sites is 1. The van der Waals surface area contributed by atoms with E-state index in [0.29, 0.717) is 6.54 Å². The fourth-order valence-electron chi connectivity index (χ4n) is 3.98. The number of benzene rings is 1. The number of ether oxygens (including phenoxy) is 1. The highest BCUT2D eigenvalue weighted by molar-refractivity contribution is 5.80. The minimum Gasteiger partial charge on any atom is -0.487 e. The van der Waals surface area contributed by atoms with E-state index >= 15 is 0 Å². The summed E-state index contributed by atoms with van der Waals surface area (Å²) in [7, 11) is 1.79. The molecule has 1 aliphatic rings. The highest BCUT2D eigenvalue weighted by atomic mass is 16.5. The molecule has 162 valence electrons. The third kappa shape index (κ3) is 4.71. The lowest BCUT2D eigenvalue weighted by Gasteiger charge is -2.38. The largest absolute Gasteiger partial charge is 0.487 e. The first-order valence-corrected chi connectivity index (χ1v) is 10.6. The lowest BCUT2D eigenvalue weighted by molar-refractivity contribution is 0.0694. The molecule has 1 unspecified atom stereocenters. The molecule has 3 heterocycles. The Kier molecular flexibility index (Phi) is 5.67. The second-order valence-corrected chi connectivity index (χ2v) is 8.59. The molecule has 2 N–H and O–H groups in total. The summed E-state index contributed by atoms with van der Waals surface area (Å²) >= 11 is 0. The molecule has 1 aliphatic heterocycles. The zero-order valence-electron chi connectivity index (χ0n) is 18.8. The van der Waals surface area contributed by atoms with Gasteiger partial charge in [-0.15, -0.1) is 0 Å². The summed E-state index contributed by atoms with van der Waals surface area (Å²) in [6.45, 7) is 8.87. The number of rotatable bonds is 4. The first-order chi connectivity index (χ1) is 14.8. The molecule has 1 aromatic carbocycles. The summed E-state index contributed by atoms with van der Waals surface area (Å²) in [5.74, 6) is 2.49. The molecular weight excluding hydrogens is 388 g/mol. The Morgan fingerprint density at radius 2 is 2.03 bits per heavy atom. The molecule has 31 heavy (non-hydrogen) atoms. The van der Waals surface area contributed by atoms with Gasteiger partial charge in [0.2, 0.25) is 0 Å². The molecular formula is C24H30N6O. The van der Waals surface area contributed by atoms with Crippen LogP contribution in [0.3, 0.4) is 0 Å². The number of guanidine groups is 1. The fraction of sp³-hybridized carbons (Fsp3) is 0.375. The van der Waals surface area contributed by atoms with Crippen LogP contribution in [0.15, 0.2) is 53.7 Å². The van der Waals surface area contributed by atoms with E-state index in [1.807, 2.05) is 55.1 Å². The predicted octanol–water partition coefficient (Wildman–Crippen LogP) is 3.85. The van der Waals surface area contributed by atoms with E-state index in [-0.39, 0.29) is 11.6 Å². The van der Waals surface area contributed by atoms with Crippen LogP contribution in [0.4, 0.5) is 0 Å². The van der Waals surface area contributed by atoms with E-state index in [0.717, 1.165) is 46.5 Å². The number of hydrogen-bond acceptors (Lipinski definition) is 4. The van der Waals surface area contributed by atoms with E-state index in [9.17, 15) is 0 Å². The summed E-state index contributed by atoms with van der Waals surface area (Å²) in [4.78, 5) is 8.99. The highest BCUT2D eigenvalue weighted by Crippen LogP contribution is 2.39. The Hall–Kier alpha value is -3.35. The van der Waals surface area contributed by atoms with Crippen molar-refractivity contribution in [2.75, 3.05) is 7.05 Å². The summed E-state index contributed by atoms with van der Waals surface area (Å²) in [6.07, 6.45) is 2.72. The average molecular weight is 419 g/mol. The Morgan fingerprint density at radius 1 is 1.23 bits per heavy atom. The summed E-state index contributed by atoms with van der Waals surface area (Å²) < 4.78 is 7.99. The third-order valence-electron chi connectivity index (χ3n) is 5.41. The lowest BCUT2D eigenvalue weighted by Crippen LogP contribution is -2.45. The minimum absolute atomic E-state index is 0.123. The van der Waals surface area contributed by atoms with Crippen molar-refractivity contribution in [1.82, 2.24) is 25.4 Å². The molecule has 1 atom stereocenters. The van der Waals surface area contributed by atoms with E-state index in [4.69, 9.17) is 4.74 Å². The standard InChI is InChI=1S/C24H30N6O/c1-16-12-17(2)30(29-16)22-11-10-18(14-26-22)15-27-23(25-5)28-20-13-24(3,4)31-21-9-7-6-8-19(20)21/h6-12,14,20H,13,15H2,1-5H3,(H2,25,27,28). The number of nitrogens with one attached hydrogen (secondary N) is 2. The van der Waals surface area contributed by atoms with Gasteiger partial charge in [0.1, 0.15) is 11.4 Å². The van der Waals surface area contributed by atoms with E-state index in [1.165, 1.54) is 0 Å². The van der Waals surface area contributed by atoms with Gasteiger partial charge in [-0.3, -0.25) is 4.99 Å². The number of fused-ring (bicyclic) bond motifs is 1. The molecule has 7 heteroatoms. The van der Waals surface area contributed by atoms with Crippen molar-refractivity contribution in [3.05, 3.63) is 71.2 Å². The van der Waals surface area contributed by atoms with Gasteiger partial charge in [0, 0.05) is 37.5 Å². The molecule has 0 spiro atoms. The molecule has 0 fully saturated rings. The SMILES string of the molecule is CN=C(NCc1ccc(-n2nc(C)cc2C)nc1)NC1CC(C)(C)Oc2ccccc21. The van der Waals surface area contributed by atoms with Gasteiger partial charge in [0.15, 0.2) is 11.8 Å². The Labute approximate surface area is 183 Å². The molecule has 0 amide bonds. The fourth-order valence-corrected chi connectivity index (χ4v) is 3.98. The molecule has 0 radical (unpaired) electrons. The molecule has 4 rings (SSSR count). The molecule has 0 bridgehead atoms. The van der Waals surface area contributed by atoms with E-state index in [1.54, 1.807) is 7.05 Å². The zero-order chi connectivity index (χ0) is 22.0. The average Bonchev–Trinajstić information content (AvgIpc) is 3.08. The molecule has 0 saturated heterocycles. The summed E-state index contributed by atoms with van der Waals surface area (Å²) in [5, 5.41) is 11.5. The van der Waals surface area contributed by atoms with Crippen molar-refractivity contribution < 1.29 is 4.74 Å². The monoisotopic (exact) mass is 418 g/mol. The third-order valence-corrected chi connectivity index (χ3v) is 5.41. The molecule has 0 aliphatic carbocycles. The van der Waals surface area contributed by atoms with Crippen molar-refractivity contribution in [2.24, 2.45) is 4.99 Å². The molecule has 7 nitrogen and oxygen atoms in total. The Balaban J connectivity index is 1.42. The first kappa shape index (κ1) is 20.9. The van der Waals surface area contributed by atoms with Gasteiger partial charge < -0.3 is 15.4 Å². The van der Waals surface area contributed by atoms with Crippen molar-refractivity contribution in [2.45, 2.75) is 52.3 Å². The smallest absolute Gasteiger partial charge is 0.191 e. The lowest BCUT2D eigenvalue weighted by atomic mass is 9.90. The van der Waals surface area contributed by atoms with Crippen LogP contribution < -0.4 is 15.4 Å². The van der Waals surface area contributed by atoms with Gasteiger partial charge in [-0.05, 0) is 51.5 Å². The van der Waals surface area contributed by atoms with Crippen LogP contribution in [0.5, 0.6) is 5.75 Å². The topological polar surface area (TPSA) is 76.4 Å². The first-order valence-electron chi connectivity index (χ1n) is 10.6. The van der Waals surface area contributed by atoms with Crippen LogP contribution in [0, 0.1) is 13.8 Å².